The lowest BCUT2D eigenvalue weighted by Gasteiger charge is -2.24. The zero-order valence-electron chi connectivity index (χ0n) is 9.86. The van der Waals surface area contributed by atoms with E-state index in [-0.39, 0.29) is 29.7 Å². The molecule has 0 aliphatic carbocycles. The number of rotatable bonds is 6. The quantitative estimate of drug-likeness (QED) is 0.613. The summed E-state index contributed by atoms with van der Waals surface area (Å²) in [6.45, 7) is 5.75. The van der Waals surface area contributed by atoms with E-state index < -0.39 is 6.04 Å². The van der Waals surface area contributed by atoms with Crippen molar-refractivity contribution in [2.45, 2.75) is 38.1 Å². The van der Waals surface area contributed by atoms with Crippen molar-refractivity contribution in [1.29, 1.82) is 0 Å². The van der Waals surface area contributed by atoms with E-state index >= 15 is 0 Å². The number of hydrogen-bond donors (Lipinski definition) is 3. The zero-order valence-corrected chi connectivity index (χ0v) is 10.7. The van der Waals surface area contributed by atoms with Crippen molar-refractivity contribution >= 4 is 17.7 Å². The molecular weight excluding hydrogens is 212 g/mol. The first-order valence-electron chi connectivity index (χ1n) is 5.13. The Kier molecular flexibility index (Phi) is 6.96. The van der Waals surface area contributed by atoms with E-state index in [4.69, 9.17) is 10.8 Å². The maximum Gasteiger partial charge on any atom is 0.237 e. The summed E-state index contributed by atoms with van der Waals surface area (Å²) in [7, 11) is 0. The van der Waals surface area contributed by atoms with E-state index in [1.165, 1.54) is 11.8 Å². The molecule has 0 aliphatic heterocycles. The molecule has 0 aromatic rings. The molecule has 0 aromatic carbocycles. The Labute approximate surface area is 96.0 Å². The van der Waals surface area contributed by atoms with Gasteiger partial charge in [0.15, 0.2) is 0 Å². The molecule has 5 heteroatoms. The Bertz CT molecular complexity index is 196. The van der Waals surface area contributed by atoms with Crippen LogP contribution in [0.15, 0.2) is 0 Å². The van der Waals surface area contributed by atoms with Crippen LogP contribution in [0.5, 0.6) is 0 Å². The van der Waals surface area contributed by atoms with Crippen molar-refractivity contribution in [2.75, 3.05) is 12.9 Å². The van der Waals surface area contributed by atoms with Gasteiger partial charge in [0.25, 0.3) is 0 Å². The average molecular weight is 234 g/mol. The van der Waals surface area contributed by atoms with Gasteiger partial charge >= 0.3 is 0 Å². The predicted octanol–water partition coefficient (Wildman–Crippen LogP) is 0.198. The smallest absolute Gasteiger partial charge is 0.237 e. The molecule has 0 aliphatic rings. The number of hydrogen-bond acceptors (Lipinski definition) is 4. The molecule has 15 heavy (non-hydrogen) atoms. The summed E-state index contributed by atoms with van der Waals surface area (Å²) >= 11 is 1.53. The van der Waals surface area contributed by atoms with E-state index in [1.807, 2.05) is 27.0 Å². The van der Waals surface area contributed by atoms with Crippen molar-refractivity contribution in [1.82, 2.24) is 5.32 Å². The van der Waals surface area contributed by atoms with Crippen molar-refractivity contribution < 1.29 is 9.90 Å². The summed E-state index contributed by atoms with van der Waals surface area (Å²) < 4.78 is 0. The van der Waals surface area contributed by atoms with Crippen LogP contribution in [0.2, 0.25) is 0 Å². The second-order valence-electron chi connectivity index (χ2n) is 4.02. The molecule has 0 radical (unpaired) electrons. The van der Waals surface area contributed by atoms with Gasteiger partial charge in [0, 0.05) is 11.3 Å². The summed E-state index contributed by atoms with van der Waals surface area (Å²) in [4.78, 5) is 11.6. The van der Waals surface area contributed by atoms with Crippen LogP contribution < -0.4 is 11.1 Å². The standard InChI is InChI=1S/C10H22N2O2S/c1-6(2)9(11)10(14)12-7(3)8(5-13)15-4/h6-9,13H,5,11H2,1-4H3,(H,12,14)/t7?,8?,9-/m1/s1. The first kappa shape index (κ1) is 14.7. The van der Waals surface area contributed by atoms with Crippen LogP contribution in [0, 0.1) is 5.92 Å². The van der Waals surface area contributed by atoms with Gasteiger partial charge in [-0.3, -0.25) is 4.79 Å². The molecule has 4 nitrogen and oxygen atoms in total. The fourth-order valence-corrected chi connectivity index (χ4v) is 1.78. The fraction of sp³-hybridized carbons (Fsp3) is 0.900. The third-order valence-corrected chi connectivity index (χ3v) is 3.59. The molecule has 1 amide bonds. The minimum atomic E-state index is -0.478. The van der Waals surface area contributed by atoms with Gasteiger partial charge in [-0.05, 0) is 19.1 Å². The molecule has 0 saturated carbocycles. The number of thioether (sulfide) groups is 1. The SMILES string of the molecule is CSC(CO)C(C)NC(=O)[C@H](N)C(C)C. The molecule has 2 unspecified atom stereocenters. The molecule has 3 atom stereocenters. The Balaban J connectivity index is 4.16. The van der Waals surface area contributed by atoms with Gasteiger partial charge in [0.1, 0.15) is 0 Å². The molecule has 0 aromatic heterocycles. The van der Waals surface area contributed by atoms with Gasteiger partial charge in [-0.2, -0.15) is 11.8 Å². The van der Waals surface area contributed by atoms with Gasteiger partial charge in [0.05, 0.1) is 12.6 Å². The van der Waals surface area contributed by atoms with Crippen LogP contribution in [0.1, 0.15) is 20.8 Å². The average Bonchev–Trinajstić information content (AvgIpc) is 2.18. The van der Waals surface area contributed by atoms with Crippen molar-refractivity contribution in [2.24, 2.45) is 11.7 Å². The maximum atomic E-state index is 11.6. The summed E-state index contributed by atoms with van der Waals surface area (Å²) in [6.07, 6.45) is 1.91. The van der Waals surface area contributed by atoms with E-state index in [9.17, 15) is 4.79 Å². The summed E-state index contributed by atoms with van der Waals surface area (Å²) in [6, 6.07) is -0.545. The number of carbonyl (C=O) groups is 1. The van der Waals surface area contributed by atoms with E-state index in [0.29, 0.717) is 0 Å². The normalized spacial score (nSPS) is 17.3. The van der Waals surface area contributed by atoms with Crippen LogP contribution >= 0.6 is 11.8 Å². The van der Waals surface area contributed by atoms with Gasteiger partial charge in [0.2, 0.25) is 5.91 Å². The summed E-state index contributed by atoms with van der Waals surface area (Å²) in [5.41, 5.74) is 5.71. The Morgan fingerprint density at radius 3 is 2.33 bits per heavy atom. The molecule has 4 N–H and O–H groups in total. The molecule has 0 saturated heterocycles. The molecule has 0 spiro atoms. The number of aliphatic hydroxyl groups excluding tert-OH is 1. The summed E-state index contributed by atoms with van der Waals surface area (Å²) in [5.74, 6) is -0.0240. The van der Waals surface area contributed by atoms with Crippen molar-refractivity contribution in [3.63, 3.8) is 0 Å². The molecular formula is C10H22N2O2S. The first-order valence-corrected chi connectivity index (χ1v) is 6.42. The second kappa shape index (κ2) is 7.09. The molecule has 0 rings (SSSR count). The van der Waals surface area contributed by atoms with Crippen molar-refractivity contribution in [3.05, 3.63) is 0 Å². The number of carbonyl (C=O) groups excluding carboxylic acids is 1. The molecule has 0 fully saturated rings. The summed E-state index contributed by atoms with van der Waals surface area (Å²) in [5, 5.41) is 11.9. The third kappa shape index (κ3) is 4.86. The lowest BCUT2D eigenvalue weighted by atomic mass is 10.0. The highest BCUT2D eigenvalue weighted by Crippen LogP contribution is 2.10. The number of nitrogens with one attached hydrogen (secondary N) is 1. The van der Waals surface area contributed by atoms with E-state index in [0.717, 1.165) is 0 Å². The number of nitrogens with two attached hydrogens (primary N) is 1. The second-order valence-corrected chi connectivity index (χ2v) is 5.10. The minimum absolute atomic E-state index is 0.0216. The van der Waals surface area contributed by atoms with E-state index in [1.54, 1.807) is 0 Å². The number of amides is 1. The van der Waals surface area contributed by atoms with E-state index in [2.05, 4.69) is 5.32 Å². The molecule has 0 bridgehead atoms. The van der Waals surface area contributed by atoms with Crippen LogP contribution in [-0.2, 0) is 4.79 Å². The Hall–Kier alpha value is -0.260. The van der Waals surface area contributed by atoms with Gasteiger partial charge in [-0.1, -0.05) is 13.8 Å². The maximum absolute atomic E-state index is 11.6. The van der Waals surface area contributed by atoms with Crippen molar-refractivity contribution in [3.8, 4) is 0 Å². The largest absolute Gasteiger partial charge is 0.395 e. The lowest BCUT2D eigenvalue weighted by molar-refractivity contribution is -0.123. The van der Waals surface area contributed by atoms with Gasteiger partial charge in [-0.15, -0.1) is 0 Å². The van der Waals surface area contributed by atoms with Gasteiger partial charge < -0.3 is 16.2 Å². The highest BCUT2D eigenvalue weighted by Gasteiger charge is 2.22. The third-order valence-electron chi connectivity index (χ3n) is 2.43. The Morgan fingerprint density at radius 1 is 1.47 bits per heavy atom. The molecule has 90 valence electrons. The lowest BCUT2D eigenvalue weighted by Crippen LogP contribution is -2.50. The fourth-order valence-electron chi connectivity index (χ4n) is 1.15. The number of aliphatic hydroxyl groups is 1. The zero-order chi connectivity index (χ0) is 12.0. The molecule has 0 heterocycles. The monoisotopic (exact) mass is 234 g/mol. The van der Waals surface area contributed by atoms with Crippen LogP contribution in [-0.4, -0.2) is 41.2 Å². The first-order chi connectivity index (χ1) is 6.93. The van der Waals surface area contributed by atoms with Gasteiger partial charge in [-0.25, -0.2) is 0 Å². The topological polar surface area (TPSA) is 75.3 Å². The minimum Gasteiger partial charge on any atom is -0.395 e. The van der Waals surface area contributed by atoms with Crippen LogP contribution in [0.3, 0.4) is 0 Å². The van der Waals surface area contributed by atoms with Crippen LogP contribution in [0.4, 0.5) is 0 Å². The van der Waals surface area contributed by atoms with Crippen LogP contribution in [0.25, 0.3) is 0 Å². The Morgan fingerprint density at radius 2 is 2.00 bits per heavy atom. The highest BCUT2D eigenvalue weighted by molar-refractivity contribution is 7.99. The predicted molar refractivity (Wildman–Crippen MR) is 64.8 cm³/mol. The highest BCUT2D eigenvalue weighted by atomic mass is 32.2.